The van der Waals surface area contributed by atoms with E-state index in [0.29, 0.717) is 0 Å². The number of hydrogen-bond acceptors (Lipinski definition) is 3. The van der Waals surface area contributed by atoms with Crippen molar-refractivity contribution in [2.75, 3.05) is 26.3 Å². The molecule has 4 heteroatoms. The maximum atomic E-state index is 5.34. The van der Waals surface area contributed by atoms with Gasteiger partial charge in [0.1, 0.15) is 0 Å². The number of aromatic amines is 1. The molecule has 0 radical (unpaired) electrons. The summed E-state index contributed by atoms with van der Waals surface area (Å²) in [4.78, 5) is 2.39. The Hall–Kier alpha value is -1.39. The van der Waals surface area contributed by atoms with Gasteiger partial charge in [0.2, 0.25) is 0 Å². The first-order chi connectivity index (χ1) is 7.93. The number of morpholine rings is 1. The largest absolute Gasteiger partial charge is 0.379 e. The van der Waals surface area contributed by atoms with Crippen LogP contribution in [0.25, 0.3) is 10.9 Å². The molecule has 3 rings (SSSR count). The number of para-hydroxylation sites is 1. The minimum atomic E-state index is 0.839. The molecule has 0 amide bonds. The van der Waals surface area contributed by atoms with Gasteiger partial charge in [0, 0.05) is 25.0 Å². The number of aromatic nitrogens is 2. The highest BCUT2D eigenvalue weighted by Gasteiger charge is 2.13. The molecule has 4 nitrogen and oxygen atoms in total. The lowest BCUT2D eigenvalue weighted by molar-refractivity contribution is 0.0338. The molecule has 0 spiro atoms. The van der Waals surface area contributed by atoms with E-state index in [0.717, 1.165) is 38.4 Å². The fourth-order valence-electron chi connectivity index (χ4n) is 2.12. The van der Waals surface area contributed by atoms with Gasteiger partial charge < -0.3 is 4.74 Å². The van der Waals surface area contributed by atoms with Gasteiger partial charge >= 0.3 is 0 Å². The number of rotatable bonds is 2. The summed E-state index contributed by atoms with van der Waals surface area (Å²) in [7, 11) is 0. The summed E-state index contributed by atoms with van der Waals surface area (Å²) in [5.41, 5.74) is 2.25. The second-order valence-electron chi connectivity index (χ2n) is 4.11. The van der Waals surface area contributed by atoms with Gasteiger partial charge in [-0.25, -0.2) is 0 Å². The zero-order valence-corrected chi connectivity index (χ0v) is 9.15. The van der Waals surface area contributed by atoms with Crippen LogP contribution < -0.4 is 0 Å². The van der Waals surface area contributed by atoms with Crippen LogP contribution in [0.3, 0.4) is 0 Å². The number of H-pyrrole nitrogens is 1. The number of benzene rings is 1. The molecule has 1 N–H and O–H groups in total. The van der Waals surface area contributed by atoms with E-state index in [-0.39, 0.29) is 0 Å². The summed E-state index contributed by atoms with van der Waals surface area (Å²) in [6.07, 6.45) is 0. The molecule has 1 aliphatic rings. The fraction of sp³-hybridized carbons (Fsp3) is 0.417. The molecule has 0 aliphatic carbocycles. The van der Waals surface area contributed by atoms with E-state index in [1.807, 2.05) is 12.1 Å². The van der Waals surface area contributed by atoms with Crippen molar-refractivity contribution in [3.05, 3.63) is 30.0 Å². The first kappa shape index (κ1) is 9.81. The van der Waals surface area contributed by atoms with Crippen molar-refractivity contribution in [1.29, 1.82) is 0 Å². The molecule has 0 saturated carbocycles. The van der Waals surface area contributed by atoms with E-state index in [1.54, 1.807) is 0 Å². The predicted octanol–water partition coefficient (Wildman–Crippen LogP) is 1.40. The molecule has 1 fully saturated rings. The molecule has 1 aromatic heterocycles. The van der Waals surface area contributed by atoms with Gasteiger partial charge in [-0.3, -0.25) is 10.00 Å². The van der Waals surface area contributed by atoms with Crippen LogP contribution in [-0.4, -0.2) is 41.4 Å². The molecule has 84 valence electrons. The number of hydrogen-bond donors (Lipinski definition) is 1. The second-order valence-corrected chi connectivity index (χ2v) is 4.11. The summed E-state index contributed by atoms with van der Waals surface area (Å²) in [6.45, 7) is 4.63. The Morgan fingerprint density at radius 1 is 1.25 bits per heavy atom. The maximum Gasteiger partial charge on any atom is 0.0924 e. The van der Waals surface area contributed by atoms with E-state index in [1.165, 1.54) is 11.1 Å². The summed E-state index contributed by atoms with van der Waals surface area (Å²) in [5.74, 6) is 0. The van der Waals surface area contributed by atoms with E-state index >= 15 is 0 Å². The molecule has 2 aromatic rings. The third-order valence-corrected chi connectivity index (χ3v) is 3.03. The van der Waals surface area contributed by atoms with Crippen LogP contribution in [0.2, 0.25) is 0 Å². The third kappa shape index (κ3) is 1.81. The quantitative estimate of drug-likeness (QED) is 0.826. The van der Waals surface area contributed by atoms with Crippen molar-refractivity contribution in [3.8, 4) is 0 Å². The highest BCUT2D eigenvalue weighted by atomic mass is 16.5. The Labute approximate surface area is 94.2 Å². The number of nitrogens with zero attached hydrogens (tertiary/aromatic N) is 2. The van der Waals surface area contributed by atoms with Crippen molar-refractivity contribution < 1.29 is 4.74 Å². The normalized spacial score (nSPS) is 18.0. The Balaban J connectivity index is 1.83. The summed E-state index contributed by atoms with van der Waals surface area (Å²) in [6, 6.07) is 8.23. The molecule has 16 heavy (non-hydrogen) atoms. The molecule has 0 bridgehead atoms. The average molecular weight is 217 g/mol. The zero-order valence-electron chi connectivity index (χ0n) is 9.15. The Morgan fingerprint density at radius 3 is 2.94 bits per heavy atom. The van der Waals surface area contributed by atoms with Crippen molar-refractivity contribution in [3.63, 3.8) is 0 Å². The fourth-order valence-corrected chi connectivity index (χ4v) is 2.12. The molecule has 2 heterocycles. The molecule has 0 unspecified atom stereocenters. The lowest BCUT2D eigenvalue weighted by Gasteiger charge is -2.25. The van der Waals surface area contributed by atoms with Crippen LogP contribution in [0.15, 0.2) is 24.3 Å². The van der Waals surface area contributed by atoms with Crippen molar-refractivity contribution in [2.45, 2.75) is 6.54 Å². The van der Waals surface area contributed by atoms with Gasteiger partial charge in [-0.15, -0.1) is 0 Å². The monoisotopic (exact) mass is 217 g/mol. The van der Waals surface area contributed by atoms with Crippen molar-refractivity contribution in [1.82, 2.24) is 15.1 Å². The smallest absolute Gasteiger partial charge is 0.0924 e. The van der Waals surface area contributed by atoms with Gasteiger partial charge in [-0.2, -0.15) is 5.10 Å². The average Bonchev–Trinajstić information content (AvgIpc) is 2.74. The van der Waals surface area contributed by atoms with Gasteiger partial charge in [0.05, 0.1) is 24.4 Å². The summed E-state index contributed by atoms with van der Waals surface area (Å²) in [5, 5.41) is 8.66. The van der Waals surface area contributed by atoms with E-state index in [9.17, 15) is 0 Å². The van der Waals surface area contributed by atoms with Gasteiger partial charge in [0.25, 0.3) is 0 Å². The number of ether oxygens (including phenoxy) is 1. The lowest BCUT2D eigenvalue weighted by atomic mass is 10.2. The van der Waals surface area contributed by atoms with Crippen LogP contribution in [0.1, 0.15) is 5.69 Å². The first-order valence-corrected chi connectivity index (χ1v) is 5.65. The van der Waals surface area contributed by atoms with E-state index in [2.05, 4.69) is 27.2 Å². The molecular weight excluding hydrogens is 202 g/mol. The van der Waals surface area contributed by atoms with E-state index in [4.69, 9.17) is 4.74 Å². The van der Waals surface area contributed by atoms with E-state index < -0.39 is 0 Å². The van der Waals surface area contributed by atoms with Gasteiger partial charge in [-0.05, 0) is 6.07 Å². The second kappa shape index (κ2) is 4.23. The Kier molecular flexibility index (Phi) is 2.60. The third-order valence-electron chi connectivity index (χ3n) is 3.03. The number of fused-ring (bicyclic) bond motifs is 1. The van der Waals surface area contributed by atoms with Crippen LogP contribution in [0, 0.1) is 0 Å². The molecule has 0 atom stereocenters. The molecule has 1 saturated heterocycles. The summed E-state index contributed by atoms with van der Waals surface area (Å²) >= 11 is 0. The number of nitrogens with one attached hydrogen (secondary N) is 1. The SMILES string of the molecule is c1ccc2c(CN3CCOCC3)[nH]nc2c1. The molecule has 1 aliphatic heterocycles. The van der Waals surface area contributed by atoms with Gasteiger partial charge in [0.15, 0.2) is 0 Å². The zero-order chi connectivity index (χ0) is 10.8. The first-order valence-electron chi connectivity index (χ1n) is 5.65. The predicted molar refractivity (Wildman–Crippen MR) is 62.2 cm³/mol. The van der Waals surface area contributed by atoms with Crippen LogP contribution >= 0.6 is 0 Å². The Morgan fingerprint density at radius 2 is 2.06 bits per heavy atom. The molecular formula is C12H15N3O. The minimum absolute atomic E-state index is 0.839. The highest BCUT2D eigenvalue weighted by Crippen LogP contribution is 2.17. The van der Waals surface area contributed by atoms with Crippen LogP contribution in [-0.2, 0) is 11.3 Å². The standard InChI is InChI=1S/C12H15N3O/c1-2-4-11-10(3-1)12(14-13-11)9-15-5-7-16-8-6-15/h1-4H,5-9H2,(H,13,14). The Bertz CT molecular complexity index is 474. The van der Waals surface area contributed by atoms with Crippen LogP contribution in [0.5, 0.6) is 0 Å². The minimum Gasteiger partial charge on any atom is -0.379 e. The summed E-state index contributed by atoms with van der Waals surface area (Å²) < 4.78 is 5.34. The van der Waals surface area contributed by atoms with Crippen LogP contribution in [0.4, 0.5) is 0 Å². The maximum absolute atomic E-state index is 5.34. The molecule has 1 aromatic carbocycles. The van der Waals surface area contributed by atoms with Crippen molar-refractivity contribution in [2.24, 2.45) is 0 Å². The highest BCUT2D eigenvalue weighted by molar-refractivity contribution is 5.81. The lowest BCUT2D eigenvalue weighted by Crippen LogP contribution is -2.35. The topological polar surface area (TPSA) is 41.1 Å². The van der Waals surface area contributed by atoms with Crippen molar-refractivity contribution >= 4 is 10.9 Å². The van der Waals surface area contributed by atoms with Gasteiger partial charge in [-0.1, -0.05) is 18.2 Å².